The van der Waals surface area contributed by atoms with Crippen LogP contribution in [0.1, 0.15) is 77.2 Å². The Bertz CT molecular complexity index is 1460. The summed E-state index contributed by atoms with van der Waals surface area (Å²) < 4.78 is 38.1. The van der Waals surface area contributed by atoms with Gasteiger partial charge in [0.2, 0.25) is 0 Å². The normalized spacial score (nSPS) is 15.9. The van der Waals surface area contributed by atoms with Crippen molar-refractivity contribution in [2.24, 2.45) is 0 Å². The molecule has 1 unspecified atom stereocenters. The summed E-state index contributed by atoms with van der Waals surface area (Å²) in [6.07, 6.45) is 5.23. The molecular weight excluding hydrogens is 530 g/mol. The molecule has 3 aromatic rings. The number of anilines is 1. The number of aryl methyl sites for hydroxylation is 1. The molecule has 2 N–H and O–H groups in total. The molecule has 12 heteroatoms. The zero-order valence-corrected chi connectivity index (χ0v) is 25.2. The maximum atomic E-state index is 13.3. The highest BCUT2D eigenvalue weighted by Crippen LogP contribution is 2.32. The zero-order chi connectivity index (χ0) is 28.9. The van der Waals surface area contributed by atoms with E-state index < -0.39 is 10.2 Å². The van der Waals surface area contributed by atoms with Gasteiger partial charge in [-0.2, -0.15) is 12.7 Å². The number of hydrogen-bond acceptors (Lipinski definition) is 7. The van der Waals surface area contributed by atoms with Crippen molar-refractivity contribution in [3.8, 4) is 17.1 Å². The Labute approximate surface area is 237 Å². The number of nitrogens with one attached hydrogen (secondary N) is 2. The van der Waals surface area contributed by atoms with Crippen LogP contribution in [0.3, 0.4) is 0 Å². The van der Waals surface area contributed by atoms with Crippen LogP contribution >= 0.6 is 0 Å². The van der Waals surface area contributed by atoms with Gasteiger partial charge in [-0.15, -0.1) is 5.10 Å². The molecule has 1 aliphatic rings. The van der Waals surface area contributed by atoms with E-state index in [9.17, 15) is 13.2 Å². The van der Waals surface area contributed by atoms with Crippen LogP contribution < -0.4 is 15.0 Å². The molecule has 0 radical (unpaired) electrons. The van der Waals surface area contributed by atoms with Crippen LogP contribution in [-0.4, -0.2) is 76.5 Å². The van der Waals surface area contributed by atoms with Crippen LogP contribution in [0.4, 0.5) is 5.69 Å². The zero-order valence-electron chi connectivity index (χ0n) is 24.4. The molecule has 1 saturated heterocycles. The number of H-pyrrole nitrogens is 1. The first kappa shape index (κ1) is 30.0. The Kier molecular flexibility index (Phi) is 9.85. The number of fused-ring (bicyclic) bond motifs is 1. The first-order chi connectivity index (χ1) is 19.2. The third kappa shape index (κ3) is 6.50. The van der Waals surface area contributed by atoms with E-state index >= 15 is 0 Å². The lowest BCUT2D eigenvalue weighted by Gasteiger charge is -2.33. The van der Waals surface area contributed by atoms with Gasteiger partial charge in [0.25, 0.3) is 5.56 Å². The van der Waals surface area contributed by atoms with E-state index in [-0.39, 0.29) is 11.5 Å². The lowest BCUT2D eigenvalue weighted by Crippen LogP contribution is -2.50. The van der Waals surface area contributed by atoms with E-state index in [1.54, 1.807) is 22.7 Å². The molecular formula is C28H43N7O4S. The Morgan fingerprint density at radius 3 is 2.50 bits per heavy atom. The van der Waals surface area contributed by atoms with Crippen LogP contribution in [-0.2, 0) is 10.2 Å². The molecule has 1 fully saturated rings. The van der Waals surface area contributed by atoms with Gasteiger partial charge in [0, 0.05) is 32.1 Å². The van der Waals surface area contributed by atoms with E-state index in [4.69, 9.17) is 14.8 Å². The van der Waals surface area contributed by atoms with Gasteiger partial charge >= 0.3 is 10.2 Å². The average Bonchev–Trinajstić information content (AvgIpc) is 3.28. The minimum absolute atomic E-state index is 0.174. The number of piperazine rings is 1. The highest BCUT2D eigenvalue weighted by molar-refractivity contribution is 7.90. The first-order valence-corrected chi connectivity index (χ1v) is 15.9. The summed E-state index contributed by atoms with van der Waals surface area (Å²) in [5, 5.41) is 4.84. The number of nitrogens with zero attached hydrogens (tertiary/aromatic N) is 5. The van der Waals surface area contributed by atoms with Crippen molar-refractivity contribution < 1.29 is 13.2 Å². The third-order valence-corrected chi connectivity index (χ3v) is 9.15. The second kappa shape index (κ2) is 13.1. The highest BCUT2D eigenvalue weighted by atomic mass is 32.2. The molecule has 0 saturated carbocycles. The maximum absolute atomic E-state index is 13.3. The molecule has 1 aromatic carbocycles. The molecule has 3 heterocycles. The van der Waals surface area contributed by atoms with Gasteiger partial charge in [-0.1, -0.05) is 40.0 Å². The number of ether oxygens (including phenoxy) is 1. The van der Waals surface area contributed by atoms with Crippen molar-refractivity contribution in [2.75, 3.05) is 44.1 Å². The minimum Gasteiger partial charge on any atom is -0.493 e. The van der Waals surface area contributed by atoms with Gasteiger partial charge in [-0.05, 0) is 51.4 Å². The predicted octanol–water partition coefficient (Wildman–Crippen LogP) is 4.16. The van der Waals surface area contributed by atoms with E-state index in [1.165, 1.54) is 4.31 Å². The van der Waals surface area contributed by atoms with Gasteiger partial charge in [-0.25, -0.2) is 9.50 Å². The molecule has 2 aromatic heterocycles. The molecule has 4 rings (SSSR count). The number of imidazole rings is 1. The summed E-state index contributed by atoms with van der Waals surface area (Å²) in [4.78, 5) is 23.2. The summed E-state index contributed by atoms with van der Waals surface area (Å²) in [5.74, 6) is 1.74. The Hall–Kier alpha value is -2.96. The van der Waals surface area contributed by atoms with Gasteiger partial charge in [0.1, 0.15) is 11.6 Å². The molecule has 0 aliphatic carbocycles. The number of benzene rings is 1. The fraction of sp³-hybridized carbons (Fsp3) is 0.607. The maximum Gasteiger partial charge on any atom is 0.301 e. The smallest absolute Gasteiger partial charge is 0.301 e. The van der Waals surface area contributed by atoms with Crippen molar-refractivity contribution >= 4 is 21.4 Å². The molecule has 0 spiro atoms. The Morgan fingerprint density at radius 2 is 1.85 bits per heavy atom. The minimum atomic E-state index is -3.76. The quantitative estimate of drug-likeness (QED) is 0.294. The third-order valence-electron chi connectivity index (χ3n) is 7.61. The van der Waals surface area contributed by atoms with Crippen LogP contribution in [0.15, 0.2) is 23.0 Å². The lowest BCUT2D eigenvalue weighted by molar-refractivity contribution is 0.197. The van der Waals surface area contributed by atoms with Gasteiger partial charge in [-0.3, -0.25) is 9.52 Å². The largest absolute Gasteiger partial charge is 0.493 e. The summed E-state index contributed by atoms with van der Waals surface area (Å²) in [5.41, 5.74) is 1.62. The molecule has 220 valence electrons. The van der Waals surface area contributed by atoms with Crippen molar-refractivity contribution in [3.63, 3.8) is 0 Å². The van der Waals surface area contributed by atoms with Crippen molar-refractivity contribution in [1.29, 1.82) is 0 Å². The SMILES string of the molecule is CCCCCC(CC)c1nc(C)c2c(=O)[nH]c(-c3cc(NS(=O)(=O)N4CCN(CC)CC4)ccc3OCC)nn12. The number of aromatic nitrogens is 4. The second-order valence-electron chi connectivity index (χ2n) is 10.3. The summed E-state index contributed by atoms with van der Waals surface area (Å²) >= 11 is 0. The fourth-order valence-electron chi connectivity index (χ4n) is 5.29. The standard InChI is InChI=1S/C28H43N7O4S/c1-6-10-11-12-21(7-2)27-29-20(5)25-28(36)30-26(31-35(25)27)23-19-22(13-14-24(23)39-9-4)32-40(37,38)34-17-15-33(8-3)16-18-34/h13-14,19,21,32H,6-12,15-18H2,1-5H3,(H,30,31,36). The van der Waals surface area contributed by atoms with Crippen molar-refractivity contribution in [3.05, 3.63) is 40.1 Å². The number of likely N-dealkylation sites (N-methyl/N-ethyl adjacent to an activating group) is 1. The summed E-state index contributed by atoms with van der Waals surface area (Å²) in [6, 6.07) is 5.03. The van der Waals surface area contributed by atoms with Gasteiger partial charge in [0.15, 0.2) is 11.3 Å². The Balaban J connectivity index is 1.73. The predicted molar refractivity (Wildman–Crippen MR) is 158 cm³/mol. The number of hydrogen-bond donors (Lipinski definition) is 2. The number of aromatic amines is 1. The molecule has 11 nitrogen and oxygen atoms in total. The van der Waals surface area contributed by atoms with E-state index in [1.807, 2.05) is 13.8 Å². The molecule has 40 heavy (non-hydrogen) atoms. The van der Waals surface area contributed by atoms with E-state index in [0.29, 0.717) is 66.8 Å². The van der Waals surface area contributed by atoms with Gasteiger partial charge < -0.3 is 14.6 Å². The molecule has 1 atom stereocenters. The molecule has 1 aliphatic heterocycles. The molecule has 0 bridgehead atoms. The van der Waals surface area contributed by atoms with Crippen LogP contribution in [0.5, 0.6) is 5.75 Å². The average molecular weight is 574 g/mol. The lowest BCUT2D eigenvalue weighted by atomic mass is 9.98. The fourth-order valence-corrected chi connectivity index (χ4v) is 6.49. The van der Waals surface area contributed by atoms with Crippen LogP contribution in [0.25, 0.3) is 16.9 Å². The van der Waals surface area contributed by atoms with Crippen LogP contribution in [0.2, 0.25) is 0 Å². The Morgan fingerprint density at radius 1 is 1.10 bits per heavy atom. The summed E-state index contributed by atoms with van der Waals surface area (Å²) in [6.45, 7) is 13.6. The van der Waals surface area contributed by atoms with Crippen molar-refractivity contribution in [1.82, 2.24) is 28.8 Å². The number of unbranched alkanes of at least 4 members (excludes halogenated alkanes) is 2. The second-order valence-corrected chi connectivity index (χ2v) is 12.0. The highest BCUT2D eigenvalue weighted by Gasteiger charge is 2.27. The van der Waals surface area contributed by atoms with Crippen molar-refractivity contribution in [2.45, 2.75) is 72.6 Å². The topological polar surface area (TPSA) is 125 Å². The molecule has 0 amide bonds. The number of rotatable bonds is 13. The van der Waals surface area contributed by atoms with Crippen LogP contribution in [0, 0.1) is 6.92 Å². The van der Waals surface area contributed by atoms with Gasteiger partial charge in [0.05, 0.1) is 23.6 Å². The van der Waals surface area contributed by atoms with E-state index in [2.05, 4.69) is 35.4 Å². The van der Waals surface area contributed by atoms with E-state index in [0.717, 1.165) is 44.5 Å². The first-order valence-electron chi connectivity index (χ1n) is 14.5. The summed E-state index contributed by atoms with van der Waals surface area (Å²) in [7, 11) is -3.76. The monoisotopic (exact) mass is 573 g/mol.